The molecule has 0 aliphatic rings. The first kappa shape index (κ1) is 22.5. The summed E-state index contributed by atoms with van der Waals surface area (Å²) in [6, 6.07) is 13.6. The molecule has 0 atom stereocenters. The Morgan fingerprint density at radius 3 is 2.73 bits per heavy atom. The molecule has 0 radical (unpaired) electrons. The second-order valence-electron chi connectivity index (χ2n) is 7.04. The van der Waals surface area contributed by atoms with Gasteiger partial charge in [0.15, 0.2) is 16.3 Å². The van der Waals surface area contributed by atoms with Crippen LogP contribution in [0.3, 0.4) is 0 Å². The van der Waals surface area contributed by atoms with E-state index < -0.39 is 5.56 Å². The van der Waals surface area contributed by atoms with Gasteiger partial charge in [-0.2, -0.15) is 0 Å². The number of ether oxygens (including phenoxy) is 2. The second kappa shape index (κ2) is 9.43. The maximum Gasteiger partial charge on any atom is 0.268 e. The maximum absolute atomic E-state index is 13.2. The highest BCUT2D eigenvalue weighted by Crippen LogP contribution is 2.25. The monoisotopic (exact) mass is 482 g/mol. The van der Waals surface area contributed by atoms with Crippen molar-refractivity contribution in [3.05, 3.63) is 86.0 Å². The fraction of sp³-hybridized carbons (Fsp3) is 0.130. The summed E-state index contributed by atoms with van der Waals surface area (Å²) >= 11 is 11.4. The van der Waals surface area contributed by atoms with E-state index in [1.807, 2.05) is 12.1 Å². The molecular formula is C23H19ClN4O4S. The molecule has 8 nitrogen and oxygen atoms in total. The second-order valence-corrected chi connectivity index (χ2v) is 7.87. The van der Waals surface area contributed by atoms with Crippen LogP contribution in [0, 0.1) is 4.77 Å². The van der Waals surface area contributed by atoms with Crippen LogP contribution in [0.5, 0.6) is 11.5 Å². The number of halogens is 1. The number of carbonyl (C=O) groups is 1. The molecule has 168 valence electrons. The molecule has 10 heteroatoms. The normalized spacial score (nSPS) is 10.8. The number of H-pyrrole nitrogens is 1. The van der Waals surface area contributed by atoms with Gasteiger partial charge in [0.1, 0.15) is 5.75 Å². The Bertz CT molecular complexity index is 1480. The van der Waals surface area contributed by atoms with Crippen molar-refractivity contribution in [3.8, 4) is 17.3 Å². The topological polar surface area (TPSA) is 98.2 Å². The van der Waals surface area contributed by atoms with Crippen molar-refractivity contribution in [3.63, 3.8) is 0 Å². The average Bonchev–Trinajstić information content (AvgIpc) is 2.82. The zero-order valence-corrected chi connectivity index (χ0v) is 19.3. The standard InChI is InChI=1S/C23H19ClN4O4S/c1-31-16-10-19(32-2)20(25-12-16)28-22(30)17-7-6-14(9-18(17)27-23(28)33)21(29)26-11-13-4-3-5-15(24)8-13/h3-10,12H,11H2,1-2H3,(H,26,29)(H,27,33). The first-order chi connectivity index (χ1) is 15.9. The van der Waals surface area contributed by atoms with Crippen LogP contribution in [-0.2, 0) is 6.54 Å². The van der Waals surface area contributed by atoms with E-state index in [4.69, 9.17) is 33.3 Å². The van der Waals surface area contributed by atoms with E-state index in [-0.39, 0.29) is 16.5 Å². The number of amides is 1. The van der Waals surface area contributed by atoms with E-state index >= 15 is 0 Å². The average molecular weight is 483 g/mol. The van der Waals surface area contributed by atoms with Crippen LogP contribution in [0.1, 0.15) is 15.9 Å². The predicted octanol–water partition coefficient (Wildman–Crippen LogP) is 4.04. The molecule has 0 aliphatic carbocycles. The van der Waals surface area contributed by atoms with E-state index in [2.05, 4.69) is 15.3 Å². The van der Waals surface area contributed by atoms with Crippen LogP contribution < -0.4 is 20.3 Å². The number of benzene rings is 2. The number of nitrogens with one attached hydrogen (secondary N) is 2. The first-order valence-electron chi connectivity index (χ1n) is 9.81. The number of nitrogens with zero attached hydrogens (tertiary/aromatic N) is 2. The quantitative estimate of drug-likeness (QED) is 0.402. The maximum atomic E-state index is 13.2. The van der Waals surface area contributed by atoms with Crippen LogP contribution in [0.2, 0.25) is 5.02 Å². The van der Waals surface area contributed by atoms with E-state index in [1.54, 1.807) is 36.4 Å². The van der Waals surface area contributed by atoms with Gasteiger partial charge in [-0.15, -0.1) is 0 Å². The Hall–Kier alpha value is -3.69. The lowest BCUT2D eigenvalue weighted by Gasteiger charge is -2.12. The summed E-state index contributed by atoms with van der Waals surface area (Å²) < 4.78 is 11.9. The number of hydrogen-bond donors (Lipinski definition) is 2. The van der Waals surface area contributed by atoms with Crippen molar-refractivity contribution in [2.75, 3.05) is 14.2 Å². The first-order valence-corrected chi connectivity index (χ1v) is 10.6. The molecule has 2 N–H and O–H groups in total. The van der Waals surface area contributed by atoms with E-state index in [0.29, 0.717) is 39.5 Å². The number of fused-ring (bicyclic) bond motifs is 1. The fourth-order valence-electron chi connectivity index (χ4n) is 3.33. The van der Waals surface area contributed by atoms with Crippen molar-refractivity contribution in [1.82, 2.24) is 19.9 Å². The SMILES string of the molecule is COc1cnc(-n2c(=S)[nH]c3cc(C(=O)NCc4cccc(Cl)c4)ccc3c2=O)c(OC)c1. The van der Waals surface area contributed by atoms with Crippen LogP contribution in [0.25, 0.3) is 16.7 Å². The number of pyridine rings is 1. The highest BCUT2D eigenvalue weighted by molar-refractivity contribution is 7.71. The summed E-state index contributed by atoms with van der Waals surface area (Å²) in [4.78, 5) is 33.2. The largest absolute Gasteiger partial charge is 0.495 e. The Morgan fingerprint density at radius 2 is 2.00 bits per heavy atom. The zero-order valence-electron chi connectivity index (χ0n) is 17.7. The van der Waals surface area contributed by atoms with Crippen molar-refractivity contribution in [2.45, 2.75) is 6.54 Å². The minimum absolute atomic E-state index is 0.111. The predicted molar refractivity (Wildman–Crippen MR) is 128 cm³/mol. The lowest BCUT2D eigenvalue weighted by molar-refractivity contribution is 0.0951. The molecule has 4 aromatic rings. The van der Waals surface area contributed by atoms with Crippen LogP contribution >= 0.6 is 23.8 Å². The van der Waals surface area contributed by atoms with Crippen molar-refractivity contribution in [1.29, 1.82) is 0 Å². The smallest absolute Gasteiger partial charge is 0.268 e. The van der Waals surface area contributed by atoms with Crippen molar-refractivity contribution < 1.29 is 14.3 Å². The summed E-state index contributed by atoms with van der Waals surface area (Å²) in [5.41, 5.74) is 1.30. The number of aromatic nitrogens is 3. The van der Waals surface area contributed by atoms with Gasteiger partial charge in [-0.05, 0) is 48.1 Å². The molecule has 0 spiro atoms. The molecule has 0 saturated heterocycles. The van der Waals surface area contributed by atoms with Crippen molar-refractivity contribution in [2.24, 2.45) is 0 Å². The molecule has 2 aromatic carbocycles. The summed E-state index contributed by atoms with van der Waals surface area (Å²) in [7, 11) is 2.97. The minimum atomic E-state index is -0.393. The molecule has 2 aromatic heterocycles. The number of carbonyl (C=O) groups excluding carboxylic acids is 1. The zero-order chi connectivity index (χ0) is 23.5. The summed E-state index contributed by atoms with van der Waals surface area (Å²) in [5.74, 6) is 0.744. The van der Waals surface area contributed by atoms with Gasteiger partial charge in [0.25, 0.3) is 11.5 Å². The summed E-state index contributed by atoms with van der Waals surface area (Å²) in [6.45, 7) is 0.317. The van der Waals surface area contributed by atoms with Gasteiger partial charge in [0, 0.05) is 23.2 Å². The Morgan fingerprint density at radius 1 is 1.18 bits per heavy atom. The van der Waals surface area contributed by atoms with Gasteiger partial charge < -0.3 is 19.8 Å². The molecule has 0 aliphatic heterocycles. The molecule has 0 bridgehead atoms. The molecule has 33 heavy (non-hydrogen) atoms. The van der Waals surface area contributed by atoms with Gasteiger partial charge in [-0.1, -0.05) is 23.7 Å². The number of rotatable bonds is 6. The lowest BCUT2D eigenvalue weighted by Crippen LogP contribution is -2.24. The molecule has 0 fully saturated rings. The van der Waals surface area contributed by atoms with Gasteiger partial charge in [-0.25, -0.2) is 9.55 Å². The van der Waals surface area contributed by atoms with Crippen LogP contribution in [0.4, 0.5) is 0 Å². The highest BCUT2D eigenvalue weighted by Gasteiger charge is 2.16. The van der Waals surface area contributed by atoms with Crippen LogP contribution in [0.15, 0.2) is 59.5 Å². The summed E-state index contributed by atoms with van der Waals surface area (Å²) in [6.07, 6.45) is 1.47. The third-order valence-electron chi connectivity index (χ3n) is 4.98. The molecule has 0 unspecified atom stereocenters. The van der Waals surface area contributed by atoms with Crippen molar-refractivity contribution >= 4 is 40.6 Å². The molecule has 2 heterocycles. The number of aromatic amines is 1. The van der Waals surface area contributed by atoms with Gasteiger partial charge in [0.05, 0.1) is 31.3 Å². The van der Waals surface area contributed by atoms with Gasteiger partial charge >= 0.3 is 0 Å². The van der Waals surface area contributed by atoms with E-state index in [9.17, 15) is 9.59 Å². The van der Waals surface area contributed by atoms with E-state index in [0.717, 1.165) is 5.56 Å². The minimum Gasteiger partial charge on any atom is -0.495 e. The summed E-state index contributed by atoms with van der Waals surface area (Å²) in [5, 5.41) is 3.78. The Balaban J connectivity index is 1.69. The molecule has 1 amide bonds. The highest BCUT2D eigenvalue weighted by atomic mass is 35.5. The Kier molecular flexibility index (Phi) is 6.43. The third-order valence-corrected chi connectivity index (χ3v) is 5.50. The number of methoxy groups -OCH3 is 2. The van der Waals surface area contributed by atoms with E-state index in [1.165, 1.54) is 25.0 Å². The van der Waals surface area contributed by atoms with Crippen LogP contribution in [-0.4, -0.2) is 34.7 Å². The third kappa shape index (κ3) is 4.59. The Labute approximate surface area is 198 Å². The van der Waals surface area contributed by atoms with Gasteiger partial charge in [-0.3, -0.25) is 9.59 Å². The number of hydrogen-bond acceptors (Lipinski definition) is 6. The molecular weight excluding hydrogens is 464 g/mol. The molecule has 0 saturated carbocycles. The lowest BCUT2D eigenvalue weighted by atomic mass is 10.1. The fourth-order valence-corrected chi connectivity index (χ4v) is 3.82. The molecule has 4 rings (SSSR count). The van der Waals surface area contributed by atoms with Gasteiger partial charge in [0.2, 0.25) is 0 Å².